The quantitative estimate of drug-likeness (QED) is 0.745. The highest BCUT2D eigenvalue weighted by atomic mass is 19.1. The van der Waals surface area contributed by atoms with Crippen LogP contribution in [0.2, 0.25) is 0 Å². The standard InChI is InChI=1S/C19H15F2N5O/c1-10-15(17(22)27)16(11-2-6-13(20)7-3-11)26-19(23-10)24-18(25-26)12-4-8-14(21)9-5-12/h2-9,16H,1H3,(H2,22,27)(H,23,24,25)/t16-/m1/s1. The van der Waals surface area contributed by atoms with E-state index in [2.05, 4.69) is 15.4 Å². The first-order chi connectivity index (χ1) is 12.9. The first-order valence-corrected chi connectivity index (χ1v) is 8.19. The Kier molecular flexibility index (Phi) is 3.95. The van der Waals surface area contributed by atoms with E-state index in [1.165, 1.54) is 28.9 Å². The number of nitrogens with zero attached hydrogens (tertiary/aromatic N) is 3. The molecule has 1 aromatic heterocycles. The number of fused-ring (bicyclic) bond motifs is 1. The molecule has 0 radical (unpaired) electrons. The Bertz CT molecular complexity index is 1050. The molecule has 0 bridgehead atoms. The lowest BCUT2D eigenvalue weighted by atomic mass is 9.95. The van der Waals surface area contributed by atoms with Crippen LogP contribution in [0.5, 0.6) is 0 Å². The molecule has 3 N–H and O–H groups in total. The van der Waals surface area contributed by atoms with Crippen LogP contribution in [0.4, 0.5) is 14.7 Å². The van der Waals surface area contributed by atoms with Crippen molar-refractivity contribution >= 4 is 11.9 Å². The van der Waals surface area contributed by atoms with Gasteiger partial charge in [-0.1, -0.05) is 12.1 Å². The third-order valence-corrected chi connectivity index (χ3v) is 4.41. The third kappa shape index (κ3) is 2.95. The van der Waals surface area contributed by atoms with Gasteiger partial charge in [0.1, 0.15) is 17.7 Å². The number of carbonyl (C=O) groups is 1. The van der Waals surface area contributed by atoms with Gasteiger partial charge in [-0.2, -0.15) is 4.98 Å². The highest BCUT2D eigenvalue weighted by Crippen LogP contribution is 2.36. The van der Waals surface area contributed by atoms with Crippen LogP contribution in [-0.2, 0) is 4.79 Å². The van der Waals surface area contributed by atoms with Crippen LogP contribution in [0.3, 0.4) is 0 Å². The second-order valence-corrected chi connectivity index (χ2v) is 6.19. The molecule has 0 unspecified atom stereocenters. The van der Waals surface area contributed by atoms with Crippen molar-refractivity contribution in [2.75, 3.05) is 5.32 Å². The molecule has 1 amide bonds. The third-order valence-electron chi connectivity index (χ3n) is 4.41. The molecule has 0 saturated carbocycles. The SMILES string of the molecule is CC1=C(C(N)=O)[C@@H](c2ccc(F)cc2)n2nc(-c3ccc(F)cc3)nc2N1. The van der Waals surface area contributed by atoms with E-state index in [0.717, 1.165) is 0 Å². The molecule has 1 aliphatic heterocycles. The topological polar surface area (TPSA) is 85.8 Å². The summed E-state index contributed by atoms with van der Waals surface area (Å²) in [5.41, 5.74) is 7.71. The van der Waals surface area contributed by atoms with E-state index < -0.39 is 11.9 Å². The molecule has 1 atom stereocenters. The fourth-order valence-electron chi connectivity index (χ4n) is 3.14. The summed E-state index contributed by atoms with van der Waals surface area (Å²) < 4.78 is 28.1. The van der Waals surface area contributed by atoms with Crippen LogP contribution in [0, 0.1) is 11.6 Å². The van der Waals surface area contributed by atoms with Gasteiger partial charge in [0.25, 0.3) is 0 Å². The molecule has 6 nitrogen and oxygen atoms in total. The molecule has 3 aromatic rings. The molecule has 27 heavy (non-hydrogen) atoms. The minimum atomic E-state index is -0.652. The molecule has 0 spiro atoms. The number of anilines is 1. The zero-order chi connectivity index (χ0) is 19.1. The fourth-order valence-corrected chi connectivity index (χ4v) is 3.14. The molecule has 0 fully saturated rings. The summed E-state index contributed by atoms with van der Waals surface area (Å²) in [6.45, 7) is 1.71. The number of benzene rings is 2. The summed E-state index contributed by atoms with van der Waals surface area (Å²) in [7, 11) is 0. The normalized spacial score (nSPS) is 16.0. The van der Waals surface area contributed by atoms with Crippen molar-refractivity contribution in [1.82, 2.24) is 14.8 Å². The van der Waals surface area contributed by atoms with Gasteiger partial charge >= 0.3 is 0 Å². The molecule has 0 saturated heterocycles. The minimum Gasteiger partial charge on any atom is -0.366 e. The summed E-state index contributed by atoms with van der Waals surface area (Å²) in [6.07, 6.45) is 0. The minimum absolute atomic E-state index is 0.310. The maximum Gasteiger partial charge on any atom is 0.248 e. The second kappa shape index (κ2) is 6.31. The smallest absolute Gasteiger partial charge is 0.248 e. The number of halogens is 2. The van der Waals surface area contributed by atoms with E-state index in [-0.39, 0.29) is 11.6 Å². The van der Waals surface area contributed by atoms with E-state index in [9.17, 15) is 13.6 Å². The summed E-state index contributed by atoms with van der Waals surface area (Å²) >= 11 is 0. The van der Waals surface area contributed by atoms with E-state index in [1.54, 1.807) is 31.2 Å². The summed E-state index contributed by atoms with van der Waals surface area (Å²) in [4.78, 5) is 16.5. The lowest BCUT2D eigenvalue weighted by Crippen LogP contribution is -2.31. The van der Waals surface area contributed by atoms with Gasteiger partial charge in [0, 0.05) is 11.3 Å². The largest absolute Gasteiger partial charge is 0.366 e. The summed E-state index contributed by atoms with van der Waals surface area (Å²) in [5.74, 6) is -0.591. The van der Waals surface area contributed by atoms with Gasteiger partial charge in [-0.3, -0.25) is 4.79 Å². The first kappa shape index (κ1) is 16.9. The van der Waals surface area contributed by atoms with Crippen LogP contribution in [-0.4, -0.2) is 20.7 Å². The number of hydrogen-bond donors (Lipinski definition) is 2. The highest BCUT2D eigenvalue weighted by Gasteiger charge is 2.33. The van der Waals surface area contributed by atoms with Gasteiger partial charge in [0.2, 0.25) is 11.9 Å². The Balaban J connectivity index is 1.87. The number of hydrogen-bond acceptors (Lipinski definition) is 4. The second-order valence-electron chi connectivity index (χ2n) is 6.19. The van der Waals surface area contributed by atoms with E-state index >= 15 is 0 Å². The number of allylic oxidation sites excluding steroid dienone is 1. The van der Waals surface area contributed by atoms with Crippen LogP contribution in [0.15, 0.2) is 59.8 Å². The Morgan fingerprint density at radius 3 is 2.26 bits per heavy atom. The van der Waals surface area contributed by atoms with Gasteiger partial charge in [0.05, 0.1) is 5.57 Å². The molecular formula is C19H15F2N5O. The van der Waals surface area contributed by atoms with Crippen molar-refractivity contribution in [2.24, 2.45) is 5.73 Å². The maximum absolute atomic E-state index is 13.4. The van der Waals surface area contributed by atoms with E-state index in [1.807, 2.05) is 0 Å². The van der Waals surface area contributed by atoms with Crippen molar-refractivity contribution in [3.63, 3.8) is 0 Å². The number of aromatic nitrogens is 3. The maximum atomic E-state index is 13.4. The molecule has 2 heterocycles. The molecular weight excluding hydrogens is 352 g/mol. The number of nitrogens with one attached hydrogen (secondary N) is 1. The number of nitrogens with two attached hydrogens (primary N) is 1. The number of amides is 1. The number of carbonyl (C=O) groups excluding carboxylic acids is 1. The highest BCUT2D eigenvalue weighted by molar-refractivity contribution is 5.95. The Labute approximate surface area is 153 Å². The average molecular weight is 367 g/mol. The van der Waals surface area contributed by atoms with Crippen LogP contribution in [0.1, 0.15) is 18.5 Å². The molecule has 4 rings (SSSR count). The predicted octanol–water partition coefficient (Wildman–Crippen LogP) is 3.00. The first-order valence-electron chi connectivity index (χ1n) is 8.19. The van der Waals surface area contributed by atoms with Crippen molar-refractivity contribution in [3.8, 4) is 11.4 Å². The molecule has 2 aromatic carbocycles. The Hall–Kier alpha value is -3.55. The van der Waals surface area contributed by atoms with Gasteiger partial charge < -0.3 is 11.1 Å². The van der Waals surface area contributed by atoms with Gasteiger partial charge in [-0.25, -0.2) is 13.5 Å². The van der Waals surface area contributed by atoms with Gasteiger partial charge in [-0.05, 0) is 48.9 Å². The van der Waals surface area contributed by atoms with Crippen LogP contribution < -0.4 is 11.1 Å². The van der Waals surface area contributed by atoms with Gasteiger partial charge in [0.15, 0.2) is 5.82 Å². The molecule has 1 aliphatic rings. The predicted molar refractivity (Wildman–Crippen MR) is 95.5 cm³/mol. The summed E-state index contributed by atoms with van der Waals surface area (Å²) in [5, 5.41) is 7.51. The van der Waals surface area contributed by atoms with Crippen LogP contribution >= 0.6 is 0 Å². The number of rotatable bonds is 3. The number of primary amides is 1. The Morgan fingerprint density at radius 2 is 1.67 bits per heavy atom. The monoisotopic (exact) mass is 367 g/mol. The van der Waals surface area contributed by atoms with Gasteiger partial charge in [-0.15, -0.1) is 5.10 Å². The lowest BCUT2D eigenvalue weighted by molar-refractivity contribution is -0.115. The fraction of sp³-hybridized carbons (Fsp3) is 0.105. The van der Waals surface area contributed by atoms with E-state index in [4.69, 9.17) is 5.73 Å². The average Bonchev–Trinajstić information content (AvgIpc) is 3.05. The lowest BCUT2D eigenvalue weighted by Gasteiger charge is -2.27. The van der Waals surface area contributed by atoms with Crippen LogP contribution in [0.25, 0.3) is 11.4 Å². The molecule has 136 valence electrons. The van der Waals surface area contributed by atoms with Crippen molar-refractivity contribution < 1.29 is 13.6 Å². The van der Waals surface area contributed by atoms with Crippen molar-refractivity contribution in [3.05, 3.63) is 77.0 Å². The zero-order valence-corrected chi connectivity index (χ0v) is 14.3. The van der Waals surface area contributed by atoms with Crippen molar-refractivity contribution in [1.29, 1.82) is 0 Å². The van der Waals surface area contributed by atoms with E-state index in [0.29, 0.717) is 34.2 Å². The summed E-state index contributed by atoms with van der Waals surface area (Å²) in [6, 6.07) is 10.9. The van der Waals surface area contributed by atoms with Crippen molar-refractivity contribution in [2.45, 2.75) is 13.0 Å². The molecule has 8 heteroatoms. The zero-order valence-electron chi connectivity index (χ0n) is 14.3. The molecule has 0 aliphatic carbocycles. The Morgan fingerprint density at radius 1 is 1.07 bits per heavy atom.